The number of hydrogen-bond acceptors (Lipinski definition) is 7. The summed E-state index contributed by atoms with van der Waals surface area (Å²) < 4.78 is 13.5. The van der Waals surface area contributed by atoms with Crippen LogP contribution in [0.2, 0.25) is 0 Å². The second-order valence-corrected chi connectivity index (χ2v) is 18.7. The van der Waals surface area contributed by atoms with Gasteiger partial charge in [-0.1, -0.05) is 172 Å². The highest BCUT2D eigenvalue weighted by atomic mass is 16.6. The molecule has 0 fully saturated rings. The van der Waals surface area contributed by atoms with Crippen LogP contribution >= 0.6 is 0 Å². The Balaban J connectivity index is 0.988. The highest BCUT2D eigenvalue weighted by molar-refractivity contribution is 5.82. The molecule has 0 saturated heterocycles. The number of benzene rings is 9. The van der Waals surface area contributed by atoms with Gasteiger partial charge >= 0.3 is 0 Å². The van der Waals surface area contributed by atoms with Crippen molar-refractivity contribution in [2.45, 2.75) is 32.6 Å². The van der Waals surface area contributed by atoms with Crippen molar-refractivity contribution in [1.82, 2.24) is 0 Å². The minimum atomic E-state index is -0.386. The minimum Gasteiger partial charge on any atom is -0.493 e. The van der Waals surface area contributed by atoms with E-state index in [1.807, 2.05) is 36.4 Å². The molecule has 9 aromatic rings. The molecule has 0 aliphatic carbocycles. The van der Waals surface area contributed by atoms with Gasteiger partial charge in [0.15, 0.2) is 0 Å². The number of unbranched alkanes of at least 4 members (excludes halogenated alkanes) is 3. The van der Waals surface area contributed by atoms with Crippen LogP contribution in [0.4, 0.5) is 45.5 Å². The molecule has 0 aliphatic rings. The summed E-state index contributed by atoms with van der Waals surface area (Å²) in [6.07, 6.45) is 16.9. The second-order valence-electron chi connectivity index (χ2n) is 18.7. The van der Waals surface area contributed by atoms with Crippen LogP contribution in [0, 0.1) is 10.1 Å². The first-order valence-corrected chi connectivity index (χ1v) is 26.4. The largest absolute Gasteiger partial charge is 0.493 e. The summed E-state index contributed by atoms with van der Waals surface area (Å²) in [6, 6.07) is 78.2. The van der Waals surface area contributed by atoms with Crippen LogP contribution in [0.25, 0.3) is 36.5 Å². The molecule has 0 unspecified atom stereocenters. The average Bonchev–Trinajstić information content (AvgIpc) is 3.49. The Bertz CT molecular complexity index is 3270. The van der Waals surface area contributed by atoms with E-state index in [-0.39, 0.29) is 10.6 Å². The lowest BCUT2D eigenvalue weighted by molar-refractivity contribution is -0.384. The fourth-order valence-corrected chi connectivity index (χ4v) is 9.02. The molecule has 0 radical (unpaired) electrons. The Morgan fingerprint density at radius 2 is 0.740 bits per heavy atom. The number of nitro benzene ring substituents is 1. The Morgan fingerprint density at radius 3 is 1.12 bits per heavy atom. The Kier molecular flexibility index (Phi) is 18.2. The third-order valence-corrected chi connectivity index (χ3v) is 13.3. The number of anilines is 7. The Morgan fingerprint density at radius 1 is 0.403 bits per heavy atom. The van der Waals surface area contributed by atoms with Gasteiger partial charge in [0.25, 0.3) is 5.69 Å². The molecule has 0 aromatic heterocycles. The quantitative estimate of drug-likeness (QED) is 0.0258. The van der Waals surface area contributed by atoms with Gasteiger partial charge in [-0.3, -0.25) is 10.1 Å². The van der Waals surface area contributed by atoms with E-state index in [4.69, 9.17) is 9.47 Å². The van der Waals surface area contributed by atoms with E-state index in [9.17, 15) is 10.1 Å². The lowest BCUT2D eigenvalue weighted by atomic mass is 10.0. The Labute approximate surface area is 453 Å². The molecule has 0 atom stereocenters. The molecule has 0 amide bonds. The molecule has 0 saturated carbocycles. The van der Waals surface area contributed by atoms with Gasteiger partial charge in [0, 0.05) is 70.1 Å². The minimum absolute atomic E-state index is 0.0765. The standard InChI is InChI=1S/C69H64N4O4/c1-3-4-5-18-50-76-68-52-59(40-30-57-35-45-66(46-36-57)72(63-23-14-8-15-24-63)64-25-16-9-17-26-64)69(77-51-49-70(2)60-41-31-54(32-42-60)27-28-55-37-47-67(48-38-55)73(74)75)53-58(68)39-29-56-33-43-65(44-34-56)71(61-19-10-6-11-20-61)62-21-12-7-13-22-62/h6-17,19-48,52-53H,3-5,18,49-51H2,1-2H3/b28-27+,39-29+,40-30+. The fourth-order valence-electron chi connectivity index (χ4n) is 9.02. The van der Waals surface area contributed by atoms with Gasteiger partial charge < -0.3 is 24.2 Å². The molecular formula is C69H64N4O4. The number of rotatable bonds is 24. The normalized spacial score (nSPS) is 11.3. The molecular weight excluding hydrogens is 949 g/mol. The number of non-ortho nitro benzene ring substituents is 1. The third-order valence-electron chi connectivity index (χ3n) is 13.3. The maximum absolute atomic E-state index is 11.1. The lowest BCUT2D eigenvalue weighted by Crippen LogP contribution is -2.23. The van der Waals surface area contributed by atoms with Crippen molar-refractivity contribution in [3.63, 3.8) is 0 Å². The van der Waals surface area contributed by atoms with Crippen molar-refractivity contribution in [2.75, 3.05) is 41.5 Å². The van der Waals surface area contributed by atoms with Gasteiger partial charge in [-0.2, -0.15) is 0 Å². The van der Waals surface area contributed by atoms with E-state index in [1.54, 1.807) is 12.1 Å². The van der Waals surface area contributed by atoms with Crippen molar-refractivity contribution in [3.8, 4) is 11.5 Å². The zero-order valence-electron chi connectivity index (χ0n) is 43.8. The predicted molar refractivity (Wildman–Crippen MR) is 323 cm³/mol. The maximum atomic E-state index is 11.1. The molecule has 0 aliphatic heterocycles. The van der Waals surface area contributed by atoms with Gasteiger partial charge in [0.1, 0.15) is 18.1 Å². The summed E-state index contributed by atoms with van der Waals surface area (Å²) in [5, 5.41) is 11.1. The highest BCUT2D eigenvalue weighted by Gasteiger charge is 2.15. The van der Waals surface area contributed by atoms with E-state index in [0.29, 0.717) is 19.8 Å². The van der Waals surface area contributed by atoms with Crippen LogP contribution in [0.3, 0.4) is 0 Å². The van der Waals surface area contributed by atoms with Gasteiger partial charge in [-0.25, -0.2) is 0 Å². The van der Waals surface area contributed by atoms with Crippen LogP contribution < -0.4 is 24.2 Å². The van der Waals surface area contributed by atoms with Crippen LogP contribution in [0.15, 0.2) is 231 Å². The zero-order valence-corrected chi connectivity index (χ0v) is 43.8. The summed E-state index contributed by atoms with van der Waals surface area (Å²) >= 11 is 0. The molecule has 8 heteroatoms. The van der Waals surface area contributed by atoms with E-state index in [0.717, 1.165) is 104 Å². The number of para-hydroxylation sites is 4. The molecule has 384 valence electrons. The van der Waals surface area contributed by atoms with E-state index < -0.39 is 0 Å². The van der Waals surface area contributed by atoms with E-state index in [2.05, 4.69) is 235 Å². The number of ether oxygens (including phenoxy) is 2. The van der Waals surface area contributed by atoms with Crippen molar-refractivity contribution in [2.24, 2.45) is 0 Å². The Hall–Kier alpha value is -9.40. The van der Waals surface area contributed by atoms with Crippen molar-refractivity contribution in [1.29, 1.82) is 0 Å². The van der Waals surface area contributed by atoms with Crippen molar-refractivity contribution < 1.29 is 14.4 Å². The maximum Gasteiger partial charge on any atom is 0.269 e. The molecule has 0 spiro atoms. The molecule has 0 bridgehead atoms. The van der Waals surface area contributed by atoms with E-state index >= 15 is 0 Å². The van der Waals surface area contributed by atoms with Gasteiger partial charge in [0.05, 0.1) is 18.1 Å². The SMILES string of the molecule is CCCCCCOc1cc(/C=C/c2ccc(N(c3ccccc3)c3ccccc3)cc2)c(OCCN(C)c2ccc(/C=C/c3ccc([N+](=O)[O-])cc3)cc2)cc1/C=C/c1ccc(N(c2ccccc2)c2ccccc2)cc1. The average molecular weight is 1010 g/mol. The second kappa shape index (κ2) is 26.7. The first-order chi connectivity index (χ1) is 37.9. The number of hydrogen-bond donors (Lipinski definition) is 0. The molecule has 0 heterocycles. The topological polar surface area (TPSA) is 71.3 Å². The number of nitro groups is 1. The van der Waals surface area contributed by atoms with Crippen LogP contribution in [0.5, 0.6) is 11.5 Å². The first kappa shape index (κ1) is 52.5. The van der Waals surface area contributed by atoms with Crippen LogP contribution in [-0.2, 0) is 0 Å². The smallest absolute Gasteiger partial charge is 0.269 e. The lowest BCUT2D eigenvalue weighted by Gasteiger charge is -2.25. The number of nitrogens with zero attached hydrogens (tertiary/aromatic N) is 4. The molecule has 8 nitrogen and oxygen atoms in total. The number of likely N-dealkylation sites (N-methyl/N-ethyl adjacent to an activating group) is 1. The molecule has 9 aromatic carbocycles. The third kappa shape index (κ3) is 14.5. The monoisotopic (exact) mass is 1010 g/mol. The summed E-state index contributed by atoms with van der Waals surface area (Å²) in [5.74, 6) is 1.56. The van der Waals surface area contributed by atoms with Crippen molar-refractivity contribution in [3.05, 3.63) is 274 Å². The molecule has 77 heavy (non-hydrogen) atoms. The van der Waals surface area contributed by atoms with E-state index in [1.165, 1.54) is 18.6 Å². The predicted octanol–water partition coefficient (Wildman–Crippen LogP) is 18.5. The van der Waals surface area contributed by atoms with Crippen LogP contribution in [-0.4, -0.2) is 31.7 Å². The van der Waals surface area contributed by atoms with Gasteiger partial charge in [-0.15, -0.1) is 0 Å². The zero-order chi connectivity index (χ0) is 53.0. The summed E-state index contributed by atoms with van der Waals surface area (Å²) in [6.45, 7) is 3.91. The van der Waals surface area contributed by atoms with Crippen LogP contribution in [0.1, 0.15) is 66.0 Å². The van der Waals surface area contributed by atoms with Crippen molar-refractivity contribution >= 4 is 82.0 Å². The summed E-state index contributed by atoms with van der Waals surface area (Å²) in [5.41, 5.74) is 13.5. The highest BCUT2D eigenvalue weighted by Crippen LogP contribution is 2.37. The molecule has 9 rings (SSSR count). The fraction of sp³-hybridized carbons (Fsp3) is 0.130. The summed E-state index contributed by atoms with van der Waals surface area (Å²) in [4.78, 5) is 17.4. The van der Waals surface area contributed by atoms with Gasteiger partial charge in [0.2, 0.25) is 0 Å². The summed E-state index contributed by atoms with van der Waals surface area (Å²) in [7, 11) is 2.07. The molecule has 0 N–H and O–H groups in total. The first-order valence-electron chi connectivity index (χ1n) is 26.4. The van der Waals surface area contributed by atoms with Gasteiger partial charge in [-0.05, 0) is 138 Å².